The van der Waals surface area contributed by atoms with Crippen molar-refractivity contribution in [3.05, 3.63) is 0 Å². The largest absolute Gasteiger partial charge is 0.367 e. The molecule has 0 radical (unpaired) electrons. The normalized spacial score (nSPS) is 40.5. The second-order valence-electron chi connectivity index (χ2n) is 12.5. The predicted molar refractivity (Wildman–Crippen MR) is 109 cm³/mol. The van der Waals surface area contributed by atoms with E-state index < -0.39 is 6.29 Å². The minimum atomic E-state index is -0.695. The van der Waals surface area contributed by atoms with Crippen LogP contribution in [-0.2, 0) is 4.74 Å². The molecule has 4 rings (SSSR count). The van der Waals surface area contributed by atoms with Gasteiger partial charge in [0.2, 0.25) is 0 Å². The highest BCUT2D eigenvalue weighted by molar-refractivity contribution is 5.08. The van der Waals surface area contributed by atoms with Gasteiger partial charge in [-0.3, -0.25) is 0 Å². The number of rotatable bonds is 5. The lowest BCUT2D eigenvalue weighted by Gasteiger charge is -2.62. The molecule has 2 nitrogen and oxygen atoms in total. The van der Waals surface area contributed by atoms with Gasteiger partial charge < -0.3 is 9.84 Å². The molecule has 0 aromatic carbocycles. The SMILES string of the molecule is CCC1(OC(O)C(C)(CC(C)(C)C)C(C)(C)C)C2CC3CC(C2)CC1C3. The first-order valence-corrected chi connectivity index (χ1v) is 11.2. The van der Waals surface area contributed by atoms with E-state index in [1.165, 1.54) is 32.1 Å². The molecular formula is C24H44O2. The van der Waals surface area contributed by atoms with Gasteiger partial charge >= 0.3 is 0 Å². The summed E-state index contributed by atoms with van der Waals surface area (Å²) in [5, 5.41) is 11.5. The van der Waals surface area contributed by atoms with Crippen molar-refractivity contribution in [3.63, 3.8) is 0 Å². The minimum absolute atomic E-state index is 0.0133. The van der Waals surface area contributed by atoms with E-state index in [2.05, 4.69) is 55.4 Å². The van der Waals surface area contributed by atoms with Gasteiger partial charge in [-0.25, -0.2) is 0 Å². The Bertz CT molecular complexity index is 481. The van der Waals surface area contributed by atoms with Gasteiger partial charge in [-0.1, -0.05) is 55.4 Å². The van der Waals surface area contributed by atoms with E-state index in [0.29, 0.717) is 11.8 Å². The zero-order valence-corrected chi connectivity index (χ0v) is 18.7. The zero-order chi connectivity index (χ0) is 19.5. The van der Waals surface area contributed by atoms with E-state index in [9.17, 15) is 5.11 Å². The molecule has 0 aromatic heterocycles. The van der Waals surface area contributed by atoms with E-state index in [-0.39, 0.29) is 21.8 Å². The fourth-order valence-corrected chi connectivity index (χ4v) is 7.00. The van der Waals surface area contributed by atoms with Crippen molar-refractivity contribution in [2.45, 2.75) is 112 Å². The Morgan fingerprint density at radius 3 is 1.69 bits per heavy atom. The Hall–Kier alpha value is -0.0800. The monoisotopic (exact) mass is 364 g/mol. The zero-order valence-electron chi connectivity index (χ0n) is 18.7. The molecule has 1 N–H and O–H groups in total. The molecule has 0 saturated heterocycles. The summed E-state index contributed by atoms with van der Waals surface area (Å²) in [7, 11) is 0. The maximum Gasteiger partial charge on any atom is 0.161 e. The van der Waals surface area contributed by atoms with E-state index in [1.807, 2.05) is 0 Å². The highest BCUT2D eigenvalue weighted by Gasteiger charge is 2.59. The number of ether oxygens (including phenoxy) is 1. The third kappa shape index (κ3) is 3.39. The molecule has 0 amide bonds. The van der Waals surface area contributed by atoms with Crippen LogP contribution >= 0.6 is 0 Å². The van der Waals surface area contributed by atoms with Crippen LogP contribution in [0.5, 0.6) is 0 Å². The minimum Gasteiger partial charge on any atom is -0.367 e. The topological polar surface area (TPSA) is 29.5 Å². The van der Waals surface area contributed by atoms with Crippen molar-refractivity contribution in [2.24, 2.45) is 39.9 Å². The maximum atomic E-state index is 11.5. The molecule has 4 bridgehead atoms. The predicted octanol–water partition coefficient (Wildman–Crippen LogP) is 6.41. The van der Waals surface area contributed by atoms with Gasteiger partial charge in [0, 0.05) is 5.41 Å². The molecule has 0 heterocycles. The Morgan fingerprint density at radius 2 is 1.35 bits per heavy atom. The van der Waals surface area contributed by atoms with Crippen LogP contribution in [0.1, 0.15) is 100 Å². The molecule has 0 aliphatic heterocycles. The van der Waals surface area contributed by atoms with Crippen LogP contribution in [0.3, 0.4) is 0 Å². The Kier molecular flexibility index (Phi) is 5.14. The quantitative estimate of drug-likeness (QED) is 0.571. The number of aliphatic hydroxyl groups is 1. The Morgan fingerprint density at radius 1 is 0.885 bits per heavy atom. The summed E-state index contributed by atoms with van der Waals surface area (Å²) in [6.45, 7) is 18.2. The molecular weight excluding hydrogens is 320 g/mol. The van der Waals surface area contributed by atoms with Gasteiger partial charge in [-0.05, 0) is 79.4 Å². The van der Waals surface area contributed by atoms with Crippen LogP contribution in [0.25, 0.3) is 0 Å². The van der Waals surface area contributed by atoms with Crippen LogP contribution in [0.2, 0.25) is 0 Å². The van der Waals surface area contributed by atoms with Crippen molar-refractivity contribution in [3.8, 4) is 0 Å². The lowest BCUT2D eigenvalue weighted by Crippen LogP contribution is -2.62. The molecule has 2 atom stereocenters. The maximum absolute atomic E-state index is 11.5. The van der Waals surface area contributed by atoms with Crippen molar-refractivity contribution < 1.29 is 9.84 Å². The van der Waals surface area contributed by atoms with Crippen molar-refractivity contribution >= 4 is 0 Å². The Labute approximate surface area is 162 Å². The summed E-state index contributed by atoms with van der Waals surface area (Å²) in [6, 6.07) is 0. The van der Waals surface area contributed by atoms with Gasteiger partial charge in [-0.15, -0.1) is 0 Å². The molecule has 4 aliphatic carbocycles. The van der Waals surface area contributed by atoms with Crippen molar-refractivity contribution in [1.82, 2.24) is 0 Å². The summed E-state index contributed by atoms with van der Waals surface area (Å²) in [5.74, 6) is 3.19. The van der Waals surface area contributed by atoms with Gasteiger partial charge in [0.1, 0.15) is 0 Å². The first-order chi connectivity index (χ1) is 11.8. The molecule has 26 heavy (non-hydrogen) atoms. The fraction of sp³-hybridized carbons (Fsp3) is 1.00. The number of hydrogen-bond acceptors (Lipinski definition) is 2. The first kappa shape index (κ1) is 20.6. The molecule has 4 fully saturated rings. The van der Waals surface area contributed by atoms with Gasteiger partial charge in [0.05, 0.1) is 5.60 Å². The standard InChI is InChI=1S/C24H44O2/c1-9-24(18-11-16-10-17(13-18)14-19(24)12-16)26-20(25)23(8,22(5,6)7)15-21(2,3)4/h16-20,25H,9-15H2,1-8H3. The van der Waals surface area contributed by atoms with Crippen LogP contribution in [0.4, 0.5) is 0 Å². The van der Waals surface area contributed by atoms with Crippen LogP contribution in [0, 0.1) is 39.9 Å². The third-order valence-corrected chi connectivity index (χ3v) is 8.56. The average molecular weight is 365 g/mol. The Balaban J connectivity index is 1.87. The van der Waals surface area contributed by atoms with Gasteiger partial charge in [0.25, 0.3) is 0 Å². The highest BCUT2D eigenvalue weighted by atomic mass is 16.6. The molecule has 2 unspecified atom stereocenters. The summed E-state index contributed by atoms with van der Waals surface area (Å²) in [6.07, 6.45) is 8.11. The van der Waals surface area contributed by atoms with Gasteiger partial charge in [0.15, 0.2) is 6.29 Å². The molecule has 2 heteroatoms. The average Bonchev–Trinajstić information content (AvgIpc) is 2.47. The number of aliphatic hydroxyl groups excluding tert-OH is 1. The summed E-state index contributed by atoms with van der Waals surface area (Å²) < 4.78 is 6.86. The second kappa shape index (κ2) is 6.48. The molecule has 0 spiro atoms. The summed E-state index contributed by atoms with van der Waals surface area (Å²) in [4.78, 5) is 0. The molecule has 4 aliphatic rings. The molecule has 152 valence electrons. The van der Waals surface area contributed by atoms with Crippen LogP contribution in [0.15, 0.2) is 0 Å². The van der Waals surface area contributed by atoms with Crippen LogP contribution < -0.4 is 0 Å². The lowest BCUT2D eigenvalue weighted by atomic mass is 9.49. The van der Waals surface area contributed by atoms with E-state index in [0.717, 1.165) is 24.7 Å². The highest BCUT2D eigenvalue weighted by Crippen LogP contribution is 2.62. The smallest absolute Gasteiger partial charge is 0.161 e. The van der Waals surface area contributed by atoms with E-state index in [1.54, 1.807) is 0 Å². The molecule has 4 saturated carbocycles. The van der Waals surface area contributed by atoms with Crippen LogP contribution in [-0.4, -0.2) is 17.0 Å². The van der Waals surface area contributed by atoms with E-state index in [4.69, 9.17) is 4.74 Å². The van der Waals surface area contributed by atoms with Crippen molar-refractivity contribution in [1.29, 1.82) is 0 Å². The fourth-order valence-electron chi connectivity index (χ4n) is 7.00. The number of hydrogen-bond donors (Lipinski definition) is 1. The van der Waals surface area contributed by atoms with Gasteiger partial charge in [-0.2, -0.15) is 0 Å². The second-order valence-corrected chi connectivity index (χ2v) is 12.5. The summed E-state index contributed by atoms with van der Waals surface area (Å²) in [5.41, 5.74) is -0.199. The first-order valence-electron chi connectivity index (χ1n) is 11.2. The summed E-state index contributed by atoms with van der Waals surface area (Å²) >= 11 is 0. The third-order valence-electron chi connectivity index (χ3n) is 8.56. The van der Waals surface area contributed by atoms with E-state index >= 15 is 0 Å². The lowest BCUT2D eigenvalue weighted by molar-refractivity contribution is -0.313. The molecule has 0 aromatic rings. The van der Waals surface area contributed by atoms with Crippen molar-refractivity contribution in [2.75, 3.05) is 0 Å².